The zero-order valence-electron chi connectivity index (χ0n) is 8.83. The summed E-state index contributed by atoms with van der Waals surface area (Å²) in [5.41, 5.74) is 6.80. The summed E-state index contributed by atoms with van der Waals surface area (Å²) >= 11 is 0. The molecule has 2 heterocycles. The smallest absolute Gasteiger partial charge is 0.123 e. The number of aromatic amines is 1. The second-order valence-electron chi connectivity index (χ2n) is 4.15. The number of rotatable bonds is 2. The second kappa shape index (κ2) is 3.71. The number of likely N-dealkylation sites (tertiary alicyclic amines) is 1. The summed E-state index contributed by atoms with van der Waals surface area (Å²) in [7, 11) is 2.14. The number of aromatic nitrogens is 2. The van der Waals surface area contributed by atoms with E-state index in [0.29, 0.717) is 6.04 Å². The summed E-state index contributed by atoms with van der Waals surface area (Å²) in [5, 5.41) is 0. The van der Waals surface area contributed by atoms with E-state index in [1.165, 1.54) is 19.4 Å². The van der Waals surface area contributed by atoms with Crippen molar-refractivity contribution in [3.8, 4) is 0 Å². The normalized spacial score (nSPS) is 25.5. The molecule has 2 atom stereocenters. The van der Waals surface area contributed by atoms with Crippen LogP contribution in [-0.2, 0) is 0 Å². The molecule has 1 fully saturated rings. The molecule has 2 rings (SSSR count). The van der Waals surface area contributed by atoms with Gasteiger partial charge in [0.05, 0.1) is 11.7 Å². The van der Waals surface area contributed by atoms with Crippen molar-refractivity contribution in [3.05, 3.63) is 17.7 Å². The van der Waals surface area contributed by atoms with Gasteiger partial charge in [-0.15, -0.1) is 0 Å². The Hall–Kier alpha value is -0.870. The number of H-pyrrole nitrogens is 1. The molecule has 1 saturated heterocycles. The van der Waals surface area contributed by atoms with Gasteiger partial charge in [0.2, 0.25) is 0 Å². The number of hydrogen-bond donors (Lipinski definition) is 2. The predicted octanol–water partition coefficient (Wildman–Crippen LogP) is 1.20. The van der Waals surface area contributed by atoms with Gasteiger partial charge in [0.25, 0.3) is 0 Å². The van der Waals surface area contributed by atoms with Gasteiger partial charge in [-0.25, -0.2) is 4.98 Å². The van der Waals surface area contributed by atoms with E-state index in [0.717, 1.165) is 11.5 Å². The summed E-state index contributed by atoms with van der Waals surface area (Å²) in [4.78, 5) is 10.0. The van der Waals surface area contributed by atoms with Gasteiger partial charge in [-0.1, -0.05) is 0 Å². The molecule has 1 aromatic rings. The second-order valence-corrected chi connectivity index (χ2v) is 4.15. The number of hydrogen-bond acceptors (Lipinski definition) is 3. The third kappa shape index (κ3) is 1.67. The number of nitrogens with one attached hydrogen (secondary N) is 1. The molecule has 1 aliphatic rings. The first-order chi connectivity index (χ1) is 6.68. The van der Waals surface area contributed by atoms with Gasteiger partial charge >= 0.3 is 0 Å². The fraction of sp³-hybridized carbons (Fsp3) is 0.700. The molecule has 0 saturated carbocycles. The average molecular weight is 194 g/mol. The number of nitrogens with two attached hydrogens (primary N) is 1. The van der Waals surface area contributed by atoms with Crippen LogP contribution >= 0.6 is 0 Å². The molecule has 0 amide bonds. The van der Waals surface area contributed by atoms with E-state index in [-0.39, 0.29) is 6.04 Å². The molecule has 0 aromatic carbocycles. The molecular weight excluding hydrogens is 176 g/mol. The van der Waals surface area contributed by atoms with Crippen LogP contribution in [-0.4, -0.2) is 28.5 Å². The average Bonchev–Trinajstić information content (AvgIpc) is 2.71. The Labute approximate surface area is 84.5 Å². The maximum Gasteiger partial charge on any atom is 0.123 e. The van der Waals surface area contributed by atoms with Crippen LogP contribution in [0, 0.1) is 0 Å². The minimum atomic E-state index is 0.0444. The molecule has 0 spiro atoms. The SMILES string of the molecule is CC(N)c1cnc(C2CCCN2C)[nH]1. The Balaban J connectivity index is 2.16. The molecular formula is C10H18N4. The fourth-order valence-corrected chi connectivity index (χ4v) is 2.01. The van der Waals surface area contributed by atoms with Crippen LogP contribution in [0.2, 0.25) is 0 Å². The van der Waals surface area contributed by atoms with Gasteiger partial charge in [0.15, 0.2) is 0 Å². The standard InChI is InChI=1S/C10H18N4/c1-7(11)8-6-12-10(13-8)9-4-3-5-14(9)2/h6-7,9H,3-5,11H2,1-2H3,(H,12,13). The van der Waals surface area contributed by atoms with Crippen LogP contribution in [0.15, 0.2) is 6.20 Å². The van der Waals surface area contributed by atoms with Crippen molar-refractivity contribution < 1.29 is 0 Å². The molecule has 1 aromatic heterocycles. The highest BCUT2D eigenvalue weighted by Crippen LogP contribution is 2.28. The summed E-state index contributed by atoms with van der Waals surface area (Å²) < 4.78 is 0. The van der Waals surface area contributed by atoms with Crippen molar-refractivity contribution in [2.45, 2.75) is 31.8 Å². The van der Waals surface area contributed by atoms with Crippen LogP contribution in [0.3, 0.4) is 0 Å². The van der Waals surface area contributed by atoms with Gasteiger partial charge in [-0.05, 0) is 33.4 Å². The van der Waals surface area contributed by atoms with Crippen molar-refractivity contribution in [2.75, 3.05) is 13.6 Å². The van der Waals surface area contributed by atoms with Crippen molar-refractivity contribution >= 4 is 0 Å². The van der Waals surface area contributed by atoms with Crippen molar-refractivity contribution in [3.63, 3.8) is 0 Å². The molecule has 78 valence electrons. The fourth-order valence-electron chi connectivity index (χ4n) is 2.01. The Morgan fingerprint density at radius 2 is 2.50 bits per heavy atom. The Morgan fingerprint density at radius 3 is 3.00 bits per heavy atom. The Kier molecular flexibility index (Phi) is 2.56. The molecule has 14 heavy (non-hydrogen) atoms. The Morgan fingerprint density at radius 1 is 1.71 bits per heavy atom. The van der Waals surface area contributed by atoms with E-state index in [4.69, 9.17) is 5.73 Å². The third-order valence-corrected chi connectivity index (χ3v) is 2.94. The molecule has 2 unspecified atom stereocenters. The lowest BCUT2D eigenvalue weighted by Crippen LogP contribution is -2.18. The first kappa shape index (κ1) is 9.68. The lowest BCUT2D eigenvalue weighted by Gasteiger charge is -2.16. The van der Waals surface area contributed by atoms with Gasteiger partial charge in [-0.3, -0.25) is 4.90 Å². The highest BCUT2D eigenvalue weighted by atomic mass is 15.2. The molecule has 1 aliphatic heterocycles. The van der Waals surface area contributed by atoms with Crippen molar-refractivity contribution in [1.29, 1.82) is 0 Å². The first-order valence-electron chi connectivity index (χ1n) is 5.19. The van der Waals surface area contributed by atoms with E-state index in [1.54, 1.807) is 0 Å². The largest absolute Gasteiger partial charge is 0.343 e. The van der Waals surface area contributed by atoms with Crippen LogP contribution in [0.4, 0.5) is 0 Å². The minimum Gasteiger partial charge on any atom is -0.343 e. The zero-order valence-corrected chi connectivity index (χ0v) is 8.83. The maximum absolute atomic E-state index is 5.78. The molecule has 0 radical (unpaired) electrons. The van der Waals surface area contributed by atoms with E-state index in [2.05, 4.69) is 21.9 Å². The van der Waals surface area contributed by atoms with Gasteiger partial charge in [0, 0.05) is 12.2 Å². The van der Waals surface area contributed by atoms with Crippen LogP contribution in [0.1, 0.15) is 43.4 Å². The topological polar surface area (TPSA) is 57.9 Å². The minimum absolute atomic E-state index is 0.0444. The highest BCUT2D eigenvalue weighted by molar-refractivity contribution is 5.09. The molecule has 4 heteroatoms. The van der Waals surface area contributed by atoms with E-state index >= 15 is 0 Å². The van der Waals surface area contributed by atoms with Gasteiger partial charge in [-0.2, -0.15) is 0 Å². The van der Waals surface area contributed by atoms with Crippen molar-refractivity contribution in [1.82, 2.24) is 14.9 Å². The van der Waals surface area contributed by atoms with Crippen molar-refractivity contribution in [2.24, 2.45) is 5.73 Å². The van der Waals surface area contributed by atoms with Crippen LogP contribution in [0.25, 0.3) is 0 Å². The first-order valence-corrected chi connectivity index (χ1v) is 5.19. The van der Waals surface area contributed by atoms with Gasteiger partial charge in [0.1, 0.15) is 5.82 Å². The lowest BCUT2D eigenvalue weighted by molar-refractivity contribution is 0.307. The van der Waals surface area contributed by atoms with Crippen LogP contribution < -0.4 is 5.73 Å². The zero-order chi connectivity index (χ0) is 10.1. The van der Waals surface area contributed by atoms with Gasteiger partial charge < -0.3 is 10.7 Å². The Bertz CT molecular complexity index is 305. The third-order valence-electron chi connectivity index (χ3n) is 2.94. The van der Waals surface area contributed by atoms with Crippen LogP contribution in [0.5, 0.6) is 0 Å². The maximum atomic E-state index is 5.78. The molecule has 3 N–H and O–H groups in total. The molecule has 0 aliphatic carbocycles. The monoisotopic (exact) mass is 194 g/mol. The van der Waals surface area contributed by atoms with E-state index in [9.17, 15) is 0 Å². The molecule has 0 bridgehead atoms. The highest BCUT2D eigenvalue weighted by Gasteiger charge is 2.25. The summed E-state index contributed by atoms with van der Waals surface area (Å²) in [5.74, 6) is 1.07. The summed E-state index contributed by atoms with van der Waals surface area (Å²) in [6, 6.07) is 0.505. The van der Waals surface area contributed by atoms with E-state index in [1.807, 2.05) is 13.1 Å². The number of imidazole rings is 1. The predicted molar refractivity (Wildman–Crippen MR) is 55.8 cm³/mol. The number of nitrogens with zero attached hydrogens (tertiary/aromatic N) is 2. The quantitative estimate of drug-likeness (QED) is 0.743. The van der Waals surface area contributed by atoms with E-state index < -0.39 is 0 Å². The lowest BCUT2D eigenvalue weighted by atomic mass is 10.2. The summed E-state index contributed by atoms with van der Waals surface area (Å²) in [6.45, 7) is 3.13. The summed E-state index contributed by atoms with van der Waals surface area (Å²) in [6.07, 6.45) is 4.31. The molecule has 4 nitrogen and oxygen atoms in total.